The van der Waals surface area contributed by atoms with E-state index in [1.54, 1.807) is 0 Å². The zero-order valence-corrected chi connectivity index (χ0v) is 12.7. The molecule has 0 amide bonds. The molecule has 1 aromatic carbocycles. The van der Waals surface area contributed by atoms with Gasteiger partial charge in [-0.25, -0.2) is 0 Å². The van der Waals surface area contributed by atoms with E-state index >= 15 is 0 Å². The fourth-order valence-corrected chi connectivity index (χ4v) is 4.24. The molecule has 1 unspecified atom stereocenters. The number of benzene rings is 1. The monoisotopic (exact) mass is 295 g/mol. The molecule has 0 bridgehead atoms. The van der Waals surface area contributed by atoms with Gasteiger partial charge < -0.3 is 10.6 Å². The number of hydrogen-bond acceptors (Lipinski definition) is 4. The summed E-state index contributed by atoms with van der Waals surface area (Å²) in [6, 6.07) is 10.8. The van der Waals surface area contributed by atoms with E-state index in [1.165, 1.54) is 16.1 Å². The first-order valence-corrected chi connectivity index (χ1v) is 8.10. The Kier molecular flexibility index (Phi) is 2.86. The van der Waals surface area contributed by atoms with Crippen molar-refractivity contribution in [3.63, 3.8) is 0 Å². The molecule has 1 aliphatic heterocycles. The highest BCUT2D eigenvalue weighted by atomic mass is 32.1. The van der Waals surface area contributed by atoms with Crippen LogP contribution in [-0.4, -0.2) is 11.5 Å². The molecule has 3 aromatic rings. The van der Waals surface area contributed by atoms with Gasteiger partial charge in [0.15, 0.2) is 0 Å². The smallest absolute Gasteiger partial charge is 0.0951 e. The van der Waals surface area contributed by atoms with Crippen LogP contribution in [0.2, 0.25) is 0 Å². The zero-order valence-electron chi connectivity index (χ0n) is 11.9. The fourth-order valence-electron chi connectivity index (χ4n) is 3.27. The number of fused-ring (bicyclic) bond motifs is 2. The van der Waals surface area contributed by atoms with E-state index < -0.39 is 0 Å². The molecule has 3 nitrogen and oxygen atoms in total. The lowest BCUT2D eigenvalue weighted by atomic mass is 9.99. The van der Waals surface area contributed by atoms with E-state index in [1.807, 2.05) is 29.7 Å². The first-order valence-electron chi connectivity index (χ1n) is 7.22. The van der Waals surface area contributed by atoms with E-state index in [0.717, 1.165) is 29.6 Å². The van der Waals surface area contributed by atoms with Gasteiger partial charge in [0, 0.05) is 28.7 Å². The van der Waals surface area contributed by atoms with Gasteiger partial charge in [-0.3, -0.25) is 4.98 Å². The van der Waals surface area contributed by atoms with E-state index in [4.69, 9.17) is 5.73 Å². The van der Waals surface area contributed by atoms with Crippen LogP contribution in [0.15, 0.2) is 41.9 Å². The Labute approximate surface area is 128 Å². The molecule has 1 aliphatic rings. The summed E-state index contributed by atoms with van der Waals surface area (Å²) in [5.41, 5.74) is 10.4. The first-order chi connectivity index (χ1) is 10.3. The van der Waals surface area contributed by atoms with E-state index in [0.29, 0.717) is 6.04 Å². The summed E-state index contributed by atoms with van der Waals surface area (Å²) in [6.45, 7) is 3.33. The highest BCUT2D eigenvalue weighted by Crippen LogP contribution is 2.38. The summed E-state index contributed by atoms with van der Waals surface area (Å²) in [5, 5.41) is 3.34. The van der Waals surface area contributed by atoms with Gasteiger partial charge in [-0.2, -0.15) is 0 Å². The summed E-state index contributed by atoms with van der Waals surface area (Å²) >= 11 is 1.87. The second-order valence-electron chi connectivity index (χ2n) is 5.49. The van der Waals surface area contributed by atoms with Crippen molar-refractivity contribution in [2.75, 3.05) is 17.2 Å². The third-order valence-electron chi connectivity index (χ3n) is 4.37. The Balaban J connectivity index is 1.86. The summed E-state index contributed by atoms with van der Waals surface area (Å²) in [6.07, 6.45) is 2.98. The van der Waals surface area contributed by atoms with Crippen LogP contribution in [0.1, 0.15) is 23.4 Å². The highest BCUT2D eigenvalue weighted by Gasteiger charge is 2.26. The maximum absolute atomic E-state index is 6.07. The molecule has 21 heavy (non-hydrogen) atoms. The normalized spacial score (nSPS) is 18.0. The zero-order chi connectivity index (χ0) is 14.4. The minimum absolute atomic E-state index is 0.395. The van der Waals surface area contributed by atoms with Gasteiger partial charge >= 0.3 is 0 Å². The first kappa shape index (κ1) is 12.7. The molecule has 1 atom stereocenters. The van der Waals surface area contributed by atoms with E-state index in [9.17, 15) is 0 Å². The molecule has 0 saturated heterocycles. The topological polar surface area (TPSA) is 42.2 Å². The summed E-state index contributed by atoms with van der Waals surface area (Å²) in [4.78, 5) is 8.44. The third kappa shape index (κ3) is 1.90. The quantitative estimate of drug-likeness (QED) is 0.690. The van der Waals surface area contributed by atoms with Gasteiger partial charge in [0.2, 0.25) is 0 Å². The Morgan fingerprint density at radius 2 is 2.19 bits per heavy atom. The van der Waals surface area contributed by atoms with E-state index in [-0.39, 0.29) is 0 Å². The molecule has 0 aliphatic carbocycles. The summed E-state index contributed by atoms with van der Waals surface area (Å²) < 4.78 is 0. The number of nitrogen functional groups attached to an aromatic ring is 1. The van der Waals surface area contributed by atoms with Crippen LogP contribution in [0, 0.1) is 0 Å². The van der Waals surface area contributed by atoms with Crippen LogP contribution >= 0.6 is 11.3 Å². The molecule has 0 fully saturated rings. The number of nitrogens with two attached hydrogens (primary N) is 1. The molecular weight excluding hydrogens is 278 g/mol. The average molecular weight is 295 g/mol. The lowest BCUT2D eigenvalue weighted by Gasteiger charge is -2.36. The summed E-state index contributed by atoms with van der Waals surface area (Å²) in [5.74, 6) is 0. The molecule has 3 heterocycles. The second-order valence-corrected chi connectivity index (χ2v) is 6.49. The van der Waals surface area contributed by atoms with Crippen molar-refractivity contribution in [2.45, 2.75) is 19.4 Å². The van der Waals surface area contributed by atoms with Crippen molar-refractivity contribution >= 4 is 33.6 Å². The average Bonchev–Trinajstić information content (AvgIpc) is 2.97. The van der Waals surface area contributed by atoms with E-state index in [2.05, 4.69) is 40.4 Å². The van der Waals surface area contributed by atoms with Crippen molar-refractivity contribution < 1.29 is 0 Å². The minimum atomic E-state index is 0.395. The molecule has 2 aromatic heterocycles. The van der Waals surface area contributed by atoms with Gasteiger partial charge in [-0.15, -0.1) is 11.3 Å². The molecule has 106 valence electrons. The number of anilines is 2. The predicted octanol–water partition coefficient (Wildman–Crippen LogP) is 4.00. The lowest BCUT2D eigenvalue weighted by molar-refractivity contribution is 0.634. The van der Waals surface area contributed by atoms with Crippen molar-refractivity contribution in [2.24, 2.45) is 0 Å². The Bertz CT molecular complexity index is 809. The van der Waals surface area contributed by atoms with Gasteiger partial charge in [0.25, 0.3) is 0 Å². The molecule has 2 N–H and O–H groups in total. The molecule has 0 saturated carbocycles. The standard InChI is InChI=1S/C17H17N3S/c1-11-12-7-10-21-16(12)6-9-20(11)15-5-8-19-17-13(15)3-2-4-14(17)18/h2-5,7-8,10-11H,6,9,18H2,1H3. The molecular formula is C17H17N3S. The van der Waals surface area contributed by atoms with Crippen molar-refractivity contribution in [3.05, 3.63) is 52.3 Å². The van der Waals surface area contributed by atoms with Crippen molar-refractivity contribution in [1.29, 1.82) is 0 Å². The van der Waals surface area contributed by atoms with Crippen LogP contribution in [0.3, 0.4) is 0 Å². The largest absolute Gasteiger partial charge is 0.397 e. The second kappa shape index (κ2) is 4.74. The maximum atomic E-state index is 6.07. The predicted molar refractivity (Wildman–Crippen MR) is 89.9 cm³/mol. The Hall–Kier alpha value is -2.07. The molecule has 4 rings (SSSR count). The van der Waals surface area contributed by atoms with Gasteiger partial charge in [0.05, 0.1) is 17.2 Å². The summed E-state index contributed by atoms with van der Waals surface area (Å²) in [7, 11) is 0. The number of pyridine rings is 1. The molecule has 4 heteroatoms. The van der Waals surface area contributed by atoms with Gasteiger partial charge in [0.1, 0.15) is 0 Å². The fraction of sp³-hybridized carbons (Fsp3) is 0.235. The number of nitrogens with zero attached hydrogens (tertiary/aromatic N) is 2. The van der Waals surface area contributed by atoms with Crippen molar-refractivity contribution in [1.82, 2.24) is 4.98 Å². The SMILES string of the molecule is CC1c2ccsc2CCN1c1ccnc2c(N)cccc12. The van der Waals surface area contributed by atoms with Crippen LogP contribution in [0.5, 0.6) is 0 Å². The van der Waals surface area contributed by atoms with Crippen LogP contribution in [0.4, 0.5) is 11.4 Å². The van der Waals surface area contributed by atoms with Crippen molar-refractivity contribution in [3.8, 4) is 0 Å². The van der Waals surface area contributed by atoms with Crippen LogP contribution in [0.25, 0.3) is 10.9 Å². The number of aromatic nitrogens is 1. The third-order valence-corrected chi connectivity index (χ3v) is 5.36. The number of para-hydroxylation sites is 1. The van der Waals surface area contributed by atoms with Crippen LogP contribution in [-0.2, 0) is 6.42 Å². The Morgan fingerprint density at radius 1 is 1.29 bits per heavy atom. The maximum Gasteiger partial charge on any atom is 0.0951 e. The lowest BCUT2D eigenvalue weighted by Crippen LogP contribution is -2.33. The van der Waals surface area contributed by atoms with Crippen LogP contribution < -0.4 is 10.6 Å². The number of thiophene rings is 1. The van der Waals surface area contributed by atoms with Gasteiger partial charge in [-0.1, -0.05) is 12.1 Å². The molecule has 0 radical (unpaired) electrons. The van der Waals surface area contributed by atoms with Gasteiger partial charge in [-0.05, 0) is 42.5 Å². The number of rotatable bonds is 1. The minimum Gasteiger partial charge on any atom is -0.397 e. The number of hydrogen-bond donors (Lipinski definition) is 1. The molecule has 0 spiro atoms. The highest BCUT2D eigenvalue weighted by molar-refractivity contribution is 7.10. The Morgan fingerprint density at radius 3 is 3.10 bits per heavy atom.